The summed E-state index contributed by atoms with van der Waals surface area (Å²) in [7, 11) is 0. The molecule has 0 amide bonds. The molecule has 0 aliphatic carbocycles. The van der Waals surface area contributed by atoms with E-state index in [-0.39, 0.29) is 6.61 Å². The van der Waals surface area contributed by atoms with Gasteiger partial charge in [0.1, 0.15) is 5.82 Å². The van der Waals surface area contributed by atoms with Crippen LogP contribution in [0.4, 0.5) is 5.82 Å². The first kappa shape index (κ1) is 12.3. The first-order chi connectivity index (χ1) is 8.29. The van der Waals surface area contributed by atoms with Crippen molar-refractivity contribution in [2.24, 2.45) is 0 Å². The second kappa shape index (κ2) is 5.95. The van der Waals surface area contributed by atoms with Gasteiger partial charge in [0.05, 0.1) is 6.61 Å². The molecule has 1 aromatic rings. The van der Waals surface area contributed by atoms with Crippen molar-refractivity contribution in [3.63, 3.8) is 0 Å². The Balaban J connectivity index is 1.84. The smallest absolute Gasteiger partial charge is 0.127 e. The molecule has 0 bridgehead atoms. The van der Waals surface area contributed by atoms with E-state index in [1.54, 1.807) is 6.20 Å². The third kappa shape index (κ3) is 3.39. The number of rotatable bonds is 4. The molecule has 2 heterocycles. The molecular weight excluding hydrogens is 216 g/mol. The van der Waals surface area contributed by atoms with E-state index in [1.165, 1.54) is 0 Å². The molecule has 1 aliphatic heterocycles. The predicted molar refractivity (Wildman–Crippen MR) is 67.5 cm³/mol. The van der Waals surface area contributed by atoms with E-state index in [1.807, 2.05) is 12.1 Å². The number of aromatic nitrogens is 1. The number of hydrogen-bond acceptors (Lipinski definition) is 5. The molecule has 17 heavy (non-hydrogen) atoms. The van der Waals surface area contributed by atoms with Gasteiger partial charge in [0.25, 0.3) is 0 Å². The van der Waals surface area contributed by atoms with Crippen molar-refractivity contribution in [1.29, 1.82) is 0 Å². The zero-order valence-electron chi connectivity index (χ0n) is 10.0. The normalized spacial score (nSPS) is 18.4. The van der Waals surface area contributed by atoms with Crippen LogP contribution < -0.4 is 5.73 Å². The zero-order chi connectivity index (χ0) is 12.1. The summed E-state index contributed by atoms with van der Waals surface area (Å²) in [4.78, 5) is 8.75. The highest BCUT2D eigenvalue weighted by atomic mass is 16.3. The third-order valence-electron chi connectivity index (χ3n) is 3.20. The molecule has 0 radical (unpaired) electrons. The lowest BCUT2D eigenvalue weighted by molar-refractivity contribution is 0.108. The molecule has 0 saturated carbocycles. The number of nitrogens with zero attached hydrogens (tertiary/aromatic N) is 3. The second-order valence-corrected chi connectivity index (χ2v) is 4.39. The highest BCUT2D eigenvalue weighted by molar-refractivity contribution is 5.38. The van der Waals surface area contributed by atoms with Crippen LogP contribution in [0.5, 0.6) is 0 Å². The van der Waals surface area contributed by atoms with Crippen molar-refractivity contribution in [3.05, 3.63) is 23.9 Å². The van der Waals surface area contributed by atoms with Gasteiger partial charge in [0.2, 0.25) is 0 Å². The maximum atomic E-state index is 8.88. The summed E-state index contributed by atoms with van der Waals surface area (Å²) in [6, 6.07) is 3.95. The minimum Gasteiger partial charge on any atom is -0.395 e. The van der Waals surface area contributed by atoms with Crippen LogP contribution >= 0.6 is 0 Å². The standard InChI is InChI=1S/C12H20N4O/c13-12-11(2-1-3-14-12)10-16-6-4-15(5-7-16)8-9-17/h1-3,17H,4-10H2,(H2,13,14). The predicted octanol–water partition coefficient (Wildman–Crippen LogP) is -0.226. The molecule has 0 aromatic carbocycles. The van der Waals surface area contributed by atoms with Crippen LogP contribution in [0.2, 0.25) is 0 Å². The summed E-state index contributed by atoms with van der Waals surface area (Å²) in [5.41, 5.74) is 6.93. The Kier molecular flexibility index (Phi) is 4.30. The van der Waals surface area contributed by atoms with Crippen LogP contribution in [-0.4, -0.2) is 59.2 Å². The van der Waals surface area contributed by atoms with Crippen LogP contribution in [-0.2, 0) is 6.54 Å². The summed E-state index contributed by atoms with van der Waals surface area (Å²) in [6.07, 6.45) is 1.72. The summed E-state index contributed by atoms with van der Waals surface area (Å²) in [5, 5.41) is 8.88. The maximum absolute atomic E-state index is 8.88. The Hall–Kier alpha value is -1.17. The Bertz CT molecular complexity index is 350. The van der Waals surface area contributed by atoms with Crippen molar-refractivity contribution in [2.45, 2.75) is 6.54 Å². The first-order valence-electron chi connectivity index (χ1n) is 6.04. The number of aliphatic hydroxyl groups is 1. The summed E-state index contributed by atoms with van der Waals surface area (Å²) in [5.74, 6) is 0.630. The van der Waals surface area contributed by atoms with Gasteiger partial charge >= 0.3 is 0 Å². The molecule has 1 aromatic heterocycles. The van der Waals surface area contributed by atoms with Gasteiger partial charge in [0.15, 0.2) is 0 Å². The van der Waals surface area contributed by atoms with Gasteiger partial charge < -0.3 is 10.8 Å². The van der Waals surface area contributed by atoms with Crippen molar-refractivity contribution in [3.8, 4) is 0 Å². The largest absolute Gasteiger partial charge is 0.395 e. The highest BCUT2D eigenvalue weighted by Crippen LogP contribution is 2.12. The molecule has 1 aliphatic rings. The van der Waals surface area contributed by atoms with Crippen LogP contribution in [0.15, 0.2) is 18.3 Å². The summed E-state index contributed by atoms with van der Waals surface area (Å²) in [6.45, 7) is 5.97. The average molecular weight is 236 g/mol. The lowest BCUT2D eigenvalue weighted by Crippen LogP contribution is -2.46. The van der Waals surface area contributed by atoms with Crippen molar-refractivity contribution < 1.29 is 5.11 Å². The van der Waals surface area contributed by atoms with Crippen LogP contribution in [0.25, 0.3) is 0 Å². The summed E-state index contributed by atoms with van der Waals surface area (Å²) >= 11 is 0. The van der Waals surface area contributed by atoms with E-state index in [2.05, 4.69) is 14.8 Å². The number of β-amino-alcohol motifs (C(OH)–C–C–N with tert-alkyl or cyclic N) is 1. The van der Waals surface area contributed by atoms with Gasteiger partial charge in [-0.1, -0.05) is 6.07 Å². The van der Waals surface area contributed by atoms with E-state index in [4.69, 9.17) is 10.8 Å². The lowest BCUT2D eigenvalue weighted by atomic mass is 10.2. The van der Waals surface area contributed by atoms with E-state index < -0.39 is 0 Å². The molecule has 5 nitrogen and oxygen atoms in total. The minimum atomic E-state index is 0.246. The molecule has 3 N–H and O–H groups in total. The molecular formula is C12H20N4O. The van der Waals surface area contributed by atoms with E-state index >= 15 is 0 Å². The van der Waals surface area contributed by atoms with Gasteiger partial charge in [0, 0.05) is 51.0 Å². The number of nitrogens with two attached hydrogens (primary N) is 1. The Morgan fingerprint density at radius 1 is 1.24 bits per heavy atom. The Morgan fingerprint density at radius 3 is 2.59 bits per heavy atom. The zero-order valence-corrected chi connectivity index (χ0v) is 10.0. The number of hydrogen-bond donors (Lipinski definition) is 2. The van der Waals surface area contributed by atoms with Crippen molar-refractivity contribution in [1.82, 2.24) is 14.8 Å². The van der Waals surface area contributed by atoms with Gasteiger partial charge in [-0.3, -0.25) is 9.80 Å². The fourth-order valence-corrected chi connectivity index (χ4v) is 2.14. The molecule has 1 saturated heterocycles. The van der Waals surface area contributed by atoms with Crippen LogP contribution in [0, 0.1) is 0 Å². The fraction of sp³-hybridized carbons (Fsp3) is 0.583. The quantitative estimate of drug-likeness (QED) is 0.756. The minimum absolute atomic E-state index is 0.246. The maximum Gasteiger partial charge on any atom is 0.127 e. The molecule has 0 atom stereocenters. The molecule has 1 fully saturated rings. The highest BCUT2D eigenvalue weighted by Gasteiger charge is 2.16. The average Bonchev–Trinajstić information content (AvgIpc) is 2.35. The van der Waals surface area contributed by atoms with Gasteiger partial charge in [-0.15, -0.1) is 0 Å². The molecule has 94 valence electrons. The van der Waals surface area contributed by atoms with Crippen molar-refractivity contribution >= 4 is 5.82 Å². The topological polar surface area (TPSA) is 65.6 Å². The number of piperazine rings is 1. The lowest BCUT2D eigenvalue weighted by Gasteiger charge is -2.34. The fourth-order valence-electron chi connectivity index (χ4n) is 2.14. The van der Waals surface area contributed by atoms with Crippen molar-refractivity contribution in [2.75, 3.05) is 45.1 Å². The monoisotopic (exact) mass is 236 g/mol. The van der Waals surface area contributed by atoms with E-state index in [9.17, 15) is 0 Å². The van der Waals surface area contributed by atoms with E-state index in [0.29, 0.717) is 5.82 Å². The SMILES string of the molecule is Nc1ncccc1CN1CCN(CCO)CC1. The molecule has 5 heteroatoms. The van der Waals surface area contributed by atoms with Crippen LogP contribution in [0.1, 0.15) is 5.56 Å². The number of anilines is 1. The Morgan fingerprint density at radius 2 is 1.94 bits per heavy atom. The van der Waals surface area contributed by atoms with E-state index in [0.717, 1.165) is 44.8 Å². The number of aliphatic hydroxyl groups excluding tert-OH is 1. The molecule has 0 unspecified atom stereocenters. The molecule has 2 rings (SSSR count). The van der Waals surface area contributed by atoms with Gasteiger partial charge in [-0.05, 0) is 6.07 Å². The van der Waals surface area contributed by atoms with Gasteiger partial charge in [-0.25, -0.2) is 4.98 Å². The van der Waals surface area contributed by atoms with Crippen LogP contribution in [0.3, 0.4) is 0 Å². The third-order valence-corrected chi connectivity index (χ3v) is 3.20. The molecule has 0 spiro atoms. The number of nitrogen functional groups attached to an aromatic ring is 1. The summed E-state index contributed by atoms with van der Waals surface area (Å²) < 4.78 is 0. The Labute approximate surface area is 102 Å². The second-order valence-electron chi connectivity index (χ2n) is 4.39. The first-order valence-corrected chi connectivity index (χ1v) is 6.04. The number of pyridine rings is 1. The van der Waals surface area contributed by atoms with Gasteiger partial charge in [-0.2, -0.15) is 0 Å².